The van der Waals surface area contributed by atoms with Gasteiger partial charge in [-0.25, -0.2) is 9.59 Å². The quantitative estimate of drug-likeness (QED) is 0.175. The highest BCUT2D eigenvalue weighted by Gasteiger charge is 2.36. The van der Waals surface area contributed by atoms with Crippen molar-refractivity contribution in [1.82, 2.24) is 0 Å². The lowest BCUT2D eigenvalue weighted by atomic mass is 10.1. The number of carboxylic acids is 1. The van der Waals surface area contributed by atoms with Crippen molar-refractivity contribution in [3.8, 4) is 0 Å². The zero-order valence-corrected chi connectivity index (χ0v) is 12.0. The van der Waals surface area contributed by atoms with Crippen LogP contribution in [0.25, 0.3) is 0 Å². The fourth-order valence-electron chi connectivity index (χ4n) is 1.48. The zero-order valence-electron chi connectivity index (χ0n) is 12.0. The molecule has 134 valence electrons. The maximum absolute atomic E-state index is 10.5. The monoisotopic (exact) mass is 340 g/mol. The van der Waals surface area contributed by atoms with Crippen LogP contribution >= 0.6 is 0 Å². The zero-order chi connectivity index (χ0) is 18.2. The lowest BCUT2D eigenvalue weighted by molar-refractivity contribution is -0.151. The van der Waals surface area contributed by atoms with Crippen LogP contribution in [0, 0.1) is 0 Å². The van der Waals surface area contributed by atoms with Crippen LogP contribution < -0.4 is 0 Å². The first-order valence-corrected chi connectivity index (χ1v) is 6.54. The van der Waals surface area contributed by atoms with E-state index in [1.54, 1.807) is 0 Å². The molecule has 0 aliphatic carbocycles. The van der Waals surface area contributed by atoms with Crippen LogP contribution in [0.2, 0.25) is 0 Å². The second-order valence-corrected chi connectivity index (χ2v) is 4.73. The highest BCUT2D eigenvalue weighted by molar-refractivity contribution is 6.32. The molecule has 1 aliphatic heterocycles. The number of aliphatic hydroxyl groups excluding tert-OH is 6. The Balaban J connectivity index is 0.000000422. The molecule has 1 rings (SSSR count). The van der Waals surface area contributed by atoms with E-state index in [4.69, 9.17) is 35.7 Å². The first-order chi connectivity index (χ1) is 10.6. The van der Waals surface area contributed by atoms with Gasteiger partial charge in [-0.05, 0) is 0 Å². The summed E-state index contributed by atoms with van der Waals surface area (Å²) in [4.78, 5) is 30.9. The van der Waals surface area contributed by atoms with E-state index < -0.39 is 67.9 Å². The molecule has 1 aliphatic rings. The van der Waals surface area contributed by atoms with Crippen molar-refractivity contribution < 1.29 is 54.9 Å². The summed E-state index contributed by atoms with van der Waals surface area (Å²) in [6.07, 6.45) is -6.65. The van der Waals surface area contributed by atoms with E-state index in [1.807, 2.05) is 0 Å². The molecule has 1 fully saturated rings. The Kier molecular flexibility index (Phi) is 9.48. The van der Waals surface area contributed by atoms with E-state index >= 15 is 0 Å². The Bertz CT molecular complexity index is 410. The number of hydrogen-bond acceptors (Lipinski definition) is 10. The standard InChI is InChI=1S/C6H10O6.C6H10O5/c7-2-5(10)3(8)1-4(9)6(11)12;7-2-4(9)5-1-3(8)6(10)11-5/h3,5,7-8,10H,1-2H2,(H,11,12);3-5,7-9H,1-2H2/t3-,5+;3-,4?,5-/m00/s1. The highest BCUT2D eigenvalue weighted by atomic mass is 16.6. The number of aliphatic carboxylic acids is 1. The second kappa shape index (κ2) is 10.2. The van der Waals surface area contributed by atoms with E-state index in [-0.39, 0.29) is 6.42 Å². The predicted octanol–water partition coefficient (Wildman–Crippen LogP) is -4.24. The molecule has 23 heavy (non-hydrogen) atoms. The molecule has 1 saturated heterocycles. The molecule has 7 N–H and O–H groups in total. The number of carboxylic acid groups (broad SMARTS) is 1. The number of Topliss-reactive ketones (excluding diaryl/α,β-unsaturated/α-hetero) is 1. The maximum atomic E-state index is 10.5. The van der Waals surface area contributed by atoms with Crippen LogP contribution in [0.1, 0.15) is 12.8 Å². The molecule has 1 unspecified atom stereocenters. The number of carbonyl (C=O) groups is 3. The minimum absolute atomic E-state index is 0.0561. The summed E-state index contributed by atoms with van der Waals surface area (Å²) >= 11 is 0. The topological polar surface area (TPSA) is 202 Å². The highest BCUT2D eigenvalue weighted by Crippen LogP contribution is 2.17. The summed E-state index contributed by atoms with van der Waals surface area (Å²) < 4.78 is 4.53. The number of esters is 1. The molecule has 0 aromatic carbocycles. The van der Waals surface area contributed by atoms with Gasteiger partial charge in [0.05, 0.1) is 19.3 Å². The van der Waals surface area contributed by atoms with Gasteiger partial charge >= 0.3 is 11.9 Å². The van der Waals surface area contributed by atoms with Crippen LogP contribution in [0.15, 0.2) is 0 Å². The summed E-state index contributed by atoms with van der Waals surface area (Å²) in [5, 5.41) is 60.2. The van der Waals surface area contributed by atoms with Crippen molar-refractivity contribution in [3.05, 3.63) is 0 Å². The third-order valence-corrected chi connectivity index (χ3v) is 2.88. The van der Waals surface area contributed by atoms with E-state index in [9.17, 15) is 14.4 Å². The third-order valence-electron chi connectivity index (χ3n) is 2.88. The van der Waals surface area contributed by atoms with Crippen molar-refractivity contribution in [1.29, 1.82) is 0 Å². The first-order valence-electron chi connectivity index (χ1n) is 6.54. The number of rotatable bonds is 7. The van der Waals surface area contributed by atoms with E-state index in [2.05, 4.69) is 4.74 Å². The van der Waals surface area contributed by atoms with Crippen molar-refractivity contribution in [2.24, 2.45) is 0 Å². The van der Waals surface area contributed by atoms with Crippen LogP contribution in [0.5, 0.6) is 0 Å². The summed E-state index contributed by atoms with van der Waals surface area (Å²) in [5.41, 5.74) is 0. The molecule has 0 spiro atoms. The van der Waals surface area contributed by atoms with Gasteiger partial charge < -0.3 is 40.5 Å². The van der Waals surface area contributed by atoms with Gasteiger partial charge in [0.1, 0.15) is 18.3 Å². The van der Waals surface area contributed by atoms with Gasteiger partial charge in [0.2, 0.25) is 5.78 Å². The van der Waals surface area contributed by atoms with Gasteiger partial charge in [-0.2, -0.15) is 0 Å². The van der Waals surface area contributed by atoms with Gasteiger partial charge in [-0.15, -0.1) is 0 Å². The fourth-order valence-corrected chi connectivity index (χ4v) is 1.48. The Labute approximate surface area is 130 Å². The summed E-state index contributed by atoms with van der Waals surface area (Å²) in [5.74, 6) is -3.60. The van der Waals surface area contributed by atoms with Gasteiger partial charge in [0.15, 0.2) is 6.10 Å². The Morgan fingerprint density at radius 1 is 1.13 bits per heavy atom. The smallest absolute Gasteiger partial charge is 0.372 e. The lowest BCUT2D eigenvalue weighted by Gasteiger charge is -2.12. The second-order valence-electron chi connectivity index (χ2n) is 4.73. The number of hydrogen-bond donors (Lipinski definition) is 7. The predicted molar refractivity (Wildman–Crippen MR) is 70.0 cm³/mol. The number of cyclic esters (lactones) is 1. The average molecular weight is 340 g/mol. The number of aliphatic hydroxyl groups is 6. The van der Waals surface area contributed by atoms with Crippen LogP contribution in [0.3, 0.4) is 0 Å². The van der Waals surface area contributed by atoms with Crippen LogP contribution in [-0.4, -0.2) is 97.2 Å². The van der Waals surface area contributed by atoms with Crippen molar-refractivity contribution >= 4 is 17.7 Å². The molecule has 0 aromatic heterocycles. The molecular formula is C12H20O11. The molecule has 0 saturated carbocycles. The number of ketones is 1. The van der Waals surface area contributed by atoms with E-state index in [1.165, 1.54) is 0 Å². The van der Waals surface area contributed by atoms with E-state index in [0.717, 1.165) is 0 Å². The van der Waals surface area contributed by atoms with Crippen LogP contribution in [0.4, 0.5) is 0 Å². The van der Waals surface area contributed by atoms with E-state index in [0.29, 0.717) is 0 Å². The summed E-state index contributed by atoms with van der Waals surface area (Å²) in [6.45, 7) is -1.18. The van der Waals surface area contributed by atoms with Crippen LogP contribution in [-0.2, 0) is 19.1 Å². The Hall–Kier alpha value is -1.63. The Morgan fingerprint density at radius 2 is 1.70 bits per heavy atom. The van der Waals surface area contributed by atoms with Gasteiger partial charge in [0.25, 0.3) is 0 Å². The molecule has 0 radical (unpaired) electrons. The largest absolute Gasteiger partial charge is 0.475 e. The van der Waals surface area contributed by atoms with Gasteiger partial charge in [-0.3, -0.25) is 4.79 Å². The number of ether oxygens (including phenoxy) is 1. The number of carbonyl (C=O) groups excluding carboxylic acids is 2. The molecule has 0 amide bonds. The first kappa shape index (κ1) is 21.4. The summed E-state index contributed by atoms with van der Waals surface area (Å²) in [6, 6.07) is 0. The SMILES string of the molecule is O=C(O)C(=O)C[C@H](O)[C@H](O)CO.O=C1O[C@H](C(O)CO)C[C@@H]1O. The van der Waals surface area contributed by atoms with Gasteiger partial charge in [0, 0.05) is 12.8 Å². The van der Waals surface area contributed by atoms with Crippen molar-refractivity contribution in [2.75, 3.05) is 13.2 Å². The molecule has 0 bridgehead atoms. The normalized spacial score (nSPS) is 24.0. The molecule has 1 heterocycles. The third kappa shape index (κ3) is 7.45. The maximum Gasteiger partial charge on any atom is 0.372 e. The molecule has 5 atom stereocenters. The van der Waals surface area contributed by atoms with Gasteiger partial charge in [-0.1, -0.05) is 0 Å². The summed E-state index contributed by atoms with van der Waals surface area (Å²) in [7, 11) is 0. The fraction of sp³-hybridized carbons (Fsp3) is 0.750. The minimum Gasteiger partial charge on any atom is -0.475 e. The molecule has 11 heteroatoms. The minimum atomic E-state index is -1.67. The van der Waals surface area contributed by atoms with Crippen molar-refractivity contribution in [2.45, 2.75) is 43.4 Å². The average Bonchev–Trinajstić information content (AvgIpc) is 2.85. The molecule has 11 nitrogen and oxygen atoms in total. The molecule has 0 aromatic rings. The lowest BCUT2D eigenvalue weighted by Crippen LogP contribution is -2.33. The van der Waals surface area contributed by atoms with Crippen molar-refractivity contribution in [3.63, 3.8) is 0 Å². The molecular weight excluding hydrogens is 320 g/mol. The Morgan fingerprint density at radius 3 is 2.04 bits per heavy atom.